The van der Waals surface area contributed by atoms with E-state index in [9.17, 15) is 4.79 Å². The molecular formula is C13H20BrN3OS. The molecule has 1 aliphatic heterocycles. The number of nitrogens with one attached hydrogen (secondary N) is 1. The quantitative estimate of drug-likeness (QED) is 0.905. The highest BCUT2D eigenvalue weighted by atomic mass is 79.9. The molecule has 1 fully saturated rings. The molecule has 0 aliphatic carbocycles. The van der Waals surface area contributed by atoms with Gasteiger partial charge in [0.15, 0.2) is 0 Å². The molecule has 1 saturated heterocycles. The number of carbonyl (C=O) groups is 1. The van der Waals surface area contributed by atoms with Crippen LogP contribution in [0.5, 0.6) is 0 Å². The van der Waals surface area contributed by atoms with Crippen molar-refractivity contribution in [1.82, 2.24) is 15.1 Å². The molecule has 2 rings (SSSR count). The lowest BCUT2D eigenvalue weighted by Crippen LogP contribution is -2.49. The lowest BCUT2D eigenvalue weighted by Gasteiger charge is -2.30. The van der Waals surface area contributed by atoms with E-state index in [1.54, 1.807) is 11.3 Å². The molecule has 0 radical (unpaired) electrons. The Morgan fingerprint density at radius 1 is 1.53 bits per heavy atom. The number of thiophene rings is 1. The predicted octanol–water partition coefficient (Wildman–Crippen LogP) is 1.94. The van der Waals surface area contributed by atoms with Crippen molar-refractivity contribution >= 4 is 33.2 Å². The number of carbonyl (C=O) groups excluding carboxylic acids is 1. The van der Waals surface area contributed by atoms with E-state index >= 15 is 0 Å². The van der Waals surface area contributed by atoms with Gasteiger partial charge in [-0.05, 0) is 42.0 Å². The second-order valence-electron chi connectivity index (χ2n) is 4.86. The monoisotopic (exact) mass is 345 g/mol. The van der Waals surface area contributed by atoms with E-state index < -0.39 is 0 Å². The molecule has 0 spiro atoms. The third-order valence-corrected chi connectivity index (χ3v) is 5.32. The Morgan fingerprint density at radius 3 is 2.79 bits per heavy atom. The normalized spacial score (nSPS) is 17.8. The Kier molecular flexibility index (Phi) is 5.38. The lowest BCUT2D eigenvalue weighted by molar-refractivity contribution is -0.133. The van der Waals surface area contributed by atoms with Gasteiger partial charge in [-0.25, -0.2) is 0 Å². The van der Waals surface area contributed by atoms with Gasteiger partial charge < -0.3 is 10.2 Å². The van der Waals surface area contributed by atoms with Gasteiger partial charge in [0.2, 0.25) is 5.91 Å². The molecule has 1 amide bonds. The Balaban J connectivity index is 1.89. The molecule has 1 aliphatic rings. The van der Waals surface area contributed by atoms with Crippen molar-refractivity contribution in [3.05, 3.63) is 20.8 Å². The number of amides is 1. The minimum atomic E-state index is 0.228. The Labute approximate surface area is 126 Å². The number of hydrogen-bond donors (Lipinski definition) is 1. The van der Waals surface area contributed by atoms with Gasteiger partial charge in [-0.15, -0.1) is 11.3 Å². The van der Waals surface area contributed by atoms with Gasteiger partial charge in [0.25, 0.3) is 0 Å². The summed E-state index contributed by atoms with van der Waals surface area (Å²) in [6, 6.07) is 4.44. The highest BCUT2D eigenvalue weighted by Gasteiger charge is 2.21. The average Bonchev–Trinajstić information content (AvgIpc) is 2.85. The van der Waals surface area contributed by atoms with Crippen LogP contribution in [-0.2, 0) is 4.79 Å². The zero-order chi connectivity index (χ0) is 13.8. The first-order valence-corrected chi connectivity index (χ1v) is 8.13. The summed E-state index contributed by atoms with van der Waals surface area (Å²) in [7, 11) is 2.01. The smallest absolute Gasteiger partial charge is 0.236 e. The van der Waals surface area contributed by atoms with E-state index in [2.05, 4.69) is 45.2 Å². The van der Waals surface area contributed by atoms with E-state index in [-0.39, 0.29) is 11.9 Å². The second-order valence-corrected chi connectivity index (χ2v) is 7.36. The lowest BCUT2D eigenvalue weighted by atomic mass is 10.2. The van der Waals surface area contributed by atoms with E-state index in [1.807, 2.05) is 11.9 Å². The average molecular weight is 346 g/mol. The van der Waals surface area contributed by atoms with Crippen molar-refractivity contribution < 1.29 is 4.79 Å². The SMILES string of the molecule is CC(c1ccc(Br)s1)N(C)CC(=O)N1CCNCC1. The largest absolute Gasteiger partial charge is 0.339 e. The van der Waals surface area contributed by atoms with Crippen LogP contribution in [0.3, 0.4) is 0 Å². The van der Waals surface area contributed by atoms with Crippen LogP contribution in [0.25, 0.3) is 0 Å². The molecule has 0 aromatic carbocycles. The third-order valence-electron chi connectivity index (χ3n) is 3.52. The van der Waals surface area contributed by atoms with Gasteiger partial charge in [0.1, 0.15) is 0 Å². The molecular weight excluding hydrogens is 326 g/mol. The Morgan fingerprint density at radius 2 is 2.21 bits per heavy atom. The van der Waals surface area contributed by atoms with Crippen LogP contribution >= 0.6 is 27.3 Å². The molecule has 1 unspecified atom stereocenters. The topological polar surface area (TPSA) is 35.6 Å². The van der Waals surface area contributed by atoms with Crippen molar-refractivity contribution in [1.29, 1.82) is 0 Å². The molecule has 0 bridgehead atoms. The zero-order valence-electron chi connectivity index (χ0n) is 11.4. The summed E-state index contributed by atoms with van der Waals surface area (Å²) in [4.78, 5) is 17.5. The molecule has 106 valence electrons. The van der Waals surface area contributed by atoms with Crippen LogP contribution in [0.1, 0.15) is 17.8 Å². The zero-order valence-corrected chi connectivity index (χ0v) is 13.8. The number of likely N-dealkylation sites (N-methyl/N-ethyl adjacent to an activating group) is 1. The van der Waals surface area contributed by atoms with Crippen LogP contribution in [0, 0.1) is 0 Å². The standard InChI is InChI=1S/C13H20BrN3OS/c1-10(11-3-4-12(14)19-11)16(2)9-13(18)17-7-5-15-6-8-17/h3-4,10,15H,5-9H2,1-2H3. The first-order chi connectivity index (χ1) is 9.08. The van der Waals surface area contributed by atoms with Crippen LogP contribution in [0.15, 0.2) is 15.9 Å². The van der Waals surface area contributed by atoms with E-state index in [1.165, 1.54) is 4.88 Å². The Bertz CT molecular complexity index is 431. The summed E-state index contributed by atoms with van der Waals surface area (Å²) < 4.78 is 1.14. The fourth-order valence-electron chi connectivity index (χ4n) is 2.13. The molecule has 1 atom stereocenters. The summed E-state index contributed by atoms with van der Waals surface area (Å²) in [6.07, 6.45) is 0. The fraction of sp³-hybridized carbons (Fsp3) is 0.615. The van der Waals surface area contributed by atoms with Crippen molar-refractivity contribution in [3.8, 4) is 0 Å². The summed E-state index contributed by atoms with van der Waals surface area (Å²) in [5, 5.41) is 3.26. The number of halogens is 1. The van der Waals surface area contributed by atoms with Crippen molar-refractivity contribution in [2.75, 3.05) is 39.8 Å². The second kappa shape index (κ2) is 6.83. The van der Waals surface area contributed by atoms with Gasteiger partial charge in [0, 0.05) is 37.1 Å². The van der Waals surface area contributed by atoms with E-state index in [0.717, 1.165) is 30.0 Å². The minimum Gasteiger partial charge on any atom is -0.339 e. The van der Waals surface area contributed by atoms with E-state index in [0.29, 0.717) is 6.54 Å². The van der Waals surface area contributed by atoms with Gasteiger partial charge in [-0.2, -0.15) is 0 Å². The van der Waals surface area contributed by atoms with Crippen molar-refractivity contribution in [2.45, 2.75) is 13.0 Å². The number of nitrogens with zero attached hydrogens (tertiary/aromatic N) is 2. The predicted molar refractivity (Wildman–Crippen MR) is 82.5 cm³/mol. The maximum Gasteiger partial charge on any atom is 0.236 e. The molecule has 1 aromatic heterocycles. The van der Waals surface area contributed by atoms with Crippen LogP contribution in [0.4, 0.5) is 0 Å². The van der Waals surface area contributed by atoms with Crippen molar-refractivity contribution in [3.63, 3.8) is 0 Å². The molecule has 6 heteroatoms. The van der Waals surface area contributed by atoms with Crippen LogP contribution in [-0.4, -0.2) is 55.5 Å². The van der Waals surface area contributed by atoms with Gasteiger partial charge in [-0.1, -0.05) is 0 Å². The fourth-order valence-corrected chi connectivity index (χ4v) is 3.68. The van der Waals surface area contributed by atoms with Crippen molar-refractivity contribution in [2.24, 2.45) is 0 Å². The van der Waals surface area contributed by atoms with Crippen LogP contribution < -0.4 is 5.32 Å². The highest BCUT2D eigenvalue weighted by molar-refractivity contribution is 9.11. The van der Waals surface area contributed by atoms with Gasteiger partial charge in [-0.3, -0.25) is 9.69 Å². The maximum atomic E-state index is 12.2. The summed E-state index contributed by atoms with van der Waals surface area (Å²) in [5.41, 5.74) is 0. The number of hydrogen-bond acceptors (Lipinski definition) is 4. The molecule has 0 saturated carbocycles. The molecule has 4 nitrogen and oxygen atoms in total. The van der Waals surface area contributed by atoms with Crippen LogP contribution in [0.2, 0.25) is 0 Å². The minimum absolute atomic E-state index is 0.228. The summed E-state index contributed by atoms with van der Waals surface area (Å²) in [6.45, 7) is 6.09. The van der Waals surface area contributed by atoms with Gasteiger partial charge >= 0.3 is 0 Å². The molecule has 1 N–H and O–H groups in total. The number of rotatable bonds is 4. The molecule has 1 aromatic rings. The summed E-state index contributed by atoms with van der Waals surface area (Å²) in [5.74, 6) is 0.228. The number of piperazine rings is 1. The molecule has 19 heavy (non-hydrogen) atoms. The first-order valence-electron chi connectivity index (χ1n) is 6.52. The molecule has 2 heterocycles. The summed E-state index contributed by atoms with van der Waals surface area (Å²) >= 11 is 5.21. The first kappa shape index (κ1) is 15.0. The van der Waals surface area contributed by atoms with E-state index in [4.69, 9.17) is 0 Å². The third kappa shape index (κ3) is 4.02. The van der Waals surface area contributed by atoms with Gasteiger partial charge in [0.05, 0.1) is 10.3 Å². The maximum absolute atomic E-state index is 12.2. The highest BCUT2D eigenvalue weighted by Crippen LogP contribution is 2.29. The Hall–Kier alpha value is -0.430.